The van der Waals surface area contributed by atoms with Gasteiger partial charge in [0.25, 0.3) is 0 Å². The van der Waals surface area contributed by atoms with Crippen LogP contribution in [0.3, 0.4) is 0 Å². The SMILES string of the molecule is CC(C)=CCc1cc(-c2ccccc2)ccc1O. The molecule has 1 nitrogen and oxygen atoms in total. The van der Waals surface area contributed by atoms with E-state index in [1.54, 1.807) is 6.07 Å². The van der Waals surface area contributed by atoms with Gasteiger partial charge in [0.05, 0.1) is 0 Å². The van der Waals surface area contributed by atoms with Crippen LogP contribution in [0.5, 0.6) is 5.75 Å². The average Bonchev–Trinajstić information content (AvgIpc) is 2.38. The lowest BCUT2D eigenvalue weighted by atomic mass is 10.0. The van der Waals surface area contributed by atoms with Crippen molar-refractivity contribution in [3.05, 3.63) is 65.7 Å². The van der Waals surface area contributed by atoms with E-state index < -0.39 is 0 Å². The summed E-state index contributed by atoms with van der Waals surface area (Å²) in [5.41, 5.74) is 4.55. The molecule has 0 aliphatic heterocycles. The number of phenols is 1. The zero-order valence-corrected chi connectivity index (χ0v) is 10.9. The van der Waals surface area contributed by atoms with E-state index in [0.717, 1.165) is 17.5 Å². The highest BCUT2D eigenvalue weighted by atomic mass is 16.3. The number of benzene rings is 2. The molecule has 92 valence electrons. The maximum absolute atomic E-state index is 9.87. The predicted molar refractivity (Wildman–Crippen MR) is 76.7 cm³/mol. The molecule has 0 saturated heterocycles. The number of aromatic hydroxyl groups is 1. The lowest BCUT2D eigenvalue weighted by Gasteiger charge is -2.07. The molecule has 0 heterocycles. The molecule has 1 N–H and O–H groups in total. The molecule has 0 aliphatic rings. The Hall–Kier alpha value is -2.02. The zero-order chi connectivity index (χ0) is 13.0. The van der Waals surface area contributed by atoms with Gasteiger partial charge in [-0.3, -0.25) is 0 Å². The molecule has 0 radical (unpaired) electrons. The standard InChI is InChI=1S/C17H18O/c1-13(2)8-9-16-12-15(10-11-17(16)18)14-6-4-3-5-7-14/h3-8,10-12,18H,9H2,1-2H3. The van der Waals surface area contributed by atoms with Gasteiger partial charge in [0.15, 0.2) is 0 Å². The molecule has 0 aliphatic carbocycles. The van der Waals surface area contributed by atoms with Crippen LogP contribution >= 0.6 is 0 Å². The van der Waals surface area contributed by atoms with Crippen molar-refractivity contribution in [2.24, 2.45) is 0 Å². The zero-order valence-electron chi connectivity index (χ0n) is 10.9. The Labute approximate surface area is 108 Å². The van der Waals surface area contributed by atoms with Crippen molar-refractivity contribution in [1.29, 1.82) is 0 Å². The van der Waals surface area contributed by atoms with Gasteiger partial charge in [0.1, 0.15) is 5.75 Å². The van der Waals surface area contributed by atoms with Gasteiger partial charge >= 0.3 is 0 Å². The summed E-state index contributed by atoms with van der Waals surface area (Å²) >= 11 is 0. The van der Waals surface area contributed by atoms with E-state index in [9.17, 15) is 5.11 Å². The van der Waals surface area contributed by atoms with Crippen LogP contribution in [0.15, 0.2) is 60.2 Å². The van der Waals surface area contributed by atoms with E-state index in [-0.39, 0.29) is 0 Å². The monoisotopic (exact) mass is 238 g/mol. The van der Waals surface area contributed by atoms with Gasteiger partial charge < -0.3 is 5.11 Å². The summed E-state index contributed by atoms with van der Waals surface area (Å²) in [5.74, 6) is 0.368. The molecule has 0 bridgehead atoms. The maximum atomic E-state index is 9.87. The van der Waals surface area contributed by atoms with Crippen molar-refractivity contribution >= 4 is 0 Å². The van der Waals surface area contributed by atoms with E-state index >= 15 is 0 Å². The highest BCUT2D eigenvalue weighted by Gasteiger charge is 2.03. The molecule has 2 aromatic rings. The number of allylic oxidation sites excluding steroid dienone is 2. The first kappa shape index (κ1) is 12.4. The van der Waals surface area contributed by atoms with Gasteiger partial charge in [-0.15, -0.1) is 0 Å². The molecule has 0 amide bonds. The summed E-state index contributed by atoms with van der Waals surface area (Å²) in [6.07, 6.45) is 2.90. The van der Waals surface area contributed by atoms with Crippen molar-refractivity contribution < 1.29 is 5.11 Å². The fourth-order valence-corrected chi connectivity index (χ4v) is 1.87. The first-order valence-corrected chi connectivity index (χ1v) is 6.17. The Balaban J connectivity index is 2.35. The summed E-state index contributed by atoms with van der Waals surface area (Å²) in [6.45, 7) is 4.14. The minimum Gasteiger partial charge on any atom is -0.508 e. The summed E-state index contributed by atoms with van der Waals surface area (Å²) in [4.78, 5) is 0. The predicted octanol–water partition coefficient (Wildman–Crippen LogP) is 4.57. The van der Waals surface area contributed by atoms with Crippen LogP contribution < -0.4 is 0 Å². The number of phenolic OH excluding ortho intramolecular Hbond substituents is 1. The molecule has 1 heteroatoms. The number of hydrogen-bond acceptors (Lipinski definition) is 1. The van der Waals surface area contributed by atoms with E-state index in [1.165, 1.54) is 11.1 Å². The molecule has 0 atom stereocenters. The van der Waals surface area contributed by atoms with Crippen molar-refractivity contribution in [3.63, 3.8) is 0 Å². The third kappa shape index (κ3) is 3.01. The lowest BCUT2D eigenvalue weighted by molar-refractivity contribution is 0.470. The van der Waals surface area contributed by atoms with Gasteiger partial charge in [-0.25, -0.2) is 0 Å². The Kier molecular flexibility index (Phi) is 3.83. The van der Waals surface area contributed by atoms with Crippen LogP contribution in [0.2, 0.25) is 0 Å². The molecular formula is C17H18O. The maximum Gasteiger partial charge on any atom is 0.119 e. The lowest BCUT2D eigenvalue weighted by Crippen LogP contribution is -1.86. The fourth-order valence-electron chi connectivity index (χ4n) is 1.87. The highest BCUT2D eigenvalue weighted by Crippen LogP contribution is 2.26. The Morgan fingerprint density at radius 1 is 1.00 bits per heavy atom. The summed E-state index contributed by atoms with van der Waals surface area (Å²) in [6, 6.07) is 16.0. The fraction of sp³-hybridized carbons (Fsp3) is 0.176. The van der Waals surface area contributed by atoms with Gasteiger partial charge in [-0.2, -0.15) is 0 Å². The van der Waals surface area contributed by atoms with Crippen LogP contribution in [-0.2, 0) is 6.42 Å². The van der Waals surface area contributed by atoms with E-state index in [4.69, 9.17) is 0 Å². The average molecular weight is 238 g/mol. The quantitative estimate of drug-likeness (QED) is 0.777. The third-order valence-corrected chi connectivity index (χ3v) is 2.92. The van der Waals surface area contributed by atoms with Crippen LogP contribution in [-0.4, -0.2) is 5.11 Å². The molecule has 0 aromatic heterocycles. The minimum absolute atomic E-state index is 0.368. The molecule has 0 fully saturated rings. The highest BCUT2D eigenvalue weighted by molar-refractivity contribution is 5.65. The van der Waals surface area contributed by atoms with Crippen molar-refractivity contribution in [1.82, 2.24) is 0 Å². The van der Waals surface area contributed by atoms with Gasteiger partial charge in [0, 0.05) is 0 Å². The van der Waals surface area contributed by atoms with Crippen molar-refractivity contribution in [2.75, 3.05) is 0 Å². The molecule has 0 spiro atoms. The molecule has 0 saturated carbocycles. The number of hydrogen-bond donors (Lipinski definition) is 1. The first-order chi connectivity index (χ1) is 8.66. The minimum atomic E-state index is 0.368. The first-order valence-electron chi connectivity index (χ1n) is 6.17. The topological polar surface area (TPSA) is 20.2 Å². The van der Waals surface area contributed by atoms with Gasteiger partial charge in [-0.05, 0) is 49.1 Å². The van der Waals surface area contributed by atoms with Crippen molar-refractivity contribution in [3.8, 4) is 16.9 Å². The largest absolute Gasteiger partial charge is 0.508 e. The number of rotatable bonds is 3. The van der Waals surface area contributed by atoms with Gasteiger partial charge in [-0.1, -0.05) is 48.0 Å². The summed E-state index contributed by atoms with van der Waals surface area (Å²) < 4.78 is 0. The van der Waals surface area contributed by atoms with E-state index in [1.807, 2.05) is 24.3 Å². The molecule has 2 rings (SSSR count). The Morgan fingerprint density at radius 2 is 1.72 bits per heavy atom. The van der Waals surface area contributed by atoms with E-state index in [0.29, 0.717) is 5.75 Å². The van der Waals surface area contributed by atoms with Gasteiger partial charge in [0.2, 0.25) is 0 Å². The Bertz CT molecular complexity index is 549. The normalized spacial score (nSPS) is 10.1. The molecule has 0 unspecified atom stereocenters. The second-order valence-electron chi connectivity index (χ2n) is 4.70. The van der Waals surface area contributed by atoms with Crippen LogP contribution in [0, 0.1) is 0 Å². The van der Waals surface area contributed by atoms with Crippen LogP contribution in [0.4, 0.5) is 0 Å². The second-order valence-corrected chi connectivity index (χ2v) is 4.70. The van der Waals surface area contributed by atoms with Crippen LogP contribution in [0.1, 0.15) is 19.4 Å². The summed E-state index contributed by atoms with van der Waals surface area (Å²) in [5, 5.41) is 9.87. The Morgan fingerprint density at radius 3 is 2.39 bits per heavy atom. The molecule has 2 aromatic carbocycles. The van der Waals surface area contributed by atoms with E-state index in [2.05, 4.69) is 38.1 Å². The van der Waals surface area contributed by atoms with Crippen molar-refractivity contribution in [2.45, 2.75) is 20.3 Å². The molecule has 18 heavy (non-hydrogen) atoms. The second kappa shape index (κ2) is 5.54. The molecular weight excluding hydrogens is 220 g/mol. The third-order valence-electron chi connectivity index (χ3n) is 2.92. The smallest absolute Gasteiger partial charge is 0.119 e. The van der Waals surface area contributed by atoms with Crippen LogP contribution in [0.25, 0.3) is 11.1 Å². The summed E-state index contributed by atoms with van der Waals surface area (Å²) in [7, 11) is 0.